The van der Waals surface area contributed by atoms with Crippen LogP contribution in [0.2, 0.25) is 0 Å². The molecule has 0 aromatic carbocycles. The zero-order chi connectivity index (χ0) is 6.69. The highest BCUT2D eigenvalue weighted by Gasteiger charge is 2.17. The van der Waals surface area contributed by atoms with Crippen molar-refractivity contribution in [3.05, 3.63) is 0 Å². The molecule has 1 aliphatic heterocycles. The third-order valence-corrected chi connectivity index (χ3v) is 1.12. The maximum absolute atomic E-state index is 9.94. The number of rotatable bonds is 2. The Balaban J connectivity index is 2.19. The second-order valence-electron chi connectivity index (χ2n) is 1.32. The number of hydrogen-bond donors (Lipinski definition) is 1. The van der Waals surface area contributed by atoms with Crippen molar-refractivity contribution >= 4 is 18.0 Å². The summed E-state index contributed by atoms with van der Waals surface area (Å²) >= 11 is 1.06. The van der Waals surface area contributed by atoms with Gasteiger partial charge in [-0.1, -0.05) is 0 Å². The highest BCUT2D eigenvalue weighted by molar-refractivity contribution is 7.94. The lowest BCUT2D eigenvalue weighted by Crippen LogP contribution is -2.23. The molecule has 1 fully saturated rings. The van der Waals surface area contributed by atoms with Crippen molar-refractivity contribution in [2.24, 2.45) is 0 Å². The van der Waals surface area contributed by atoms with Gasteiger partial charge in [0.2, 0.25) is 0 Å². The molecule has 1 aliphatic rings. The molecule has 0 saturated carbocycles. The Morgan fingerprint density at radius 3 is 3.11 bits per heavy atom. The Labute approximate surface area is 55.6 Å². The minimum atomic E-state index is -0.975. The minimum absolute atomic E-state index is 0.243. The second-order valence-corrected chi connectivity index (χ2v) is 1.94. The van der Waals surface area contributed by atoms with E-state index >= 15 is 0 Å². The zero-order valence-electron chi connectivity index (χ0n) is 4.44. The lowest BCUT2D eigenvalue weighted by Gasteiger charge is -2.04. The molecule has 1 saturated heterocycles. The molecule has 0 unspecified atom stereocenters. The highest BCUT2D eigenvalue weighted by atomic mass is 32.2. The van der Waals surface area contributed by atoms with Gasteiger partial charge in [0, 0.05) is 12.0 Å². The van der Waals surface area contributed by atoms with Crippen molar-refractivity contribution in [1.82, 2.24) is 5.23 Å². The quantitative estimate of drug-likeness (QED) is 0.554. The maximum atomic E-state index is 9.94. The number of hydrogen-bond acceptors (Lipinski definition) is 5. The molecule has 52 valence electrons. The van der Waals surface area contributed by atoms with Crippen molar-refractivity contribution in [2.75, 3.05) is 12.5 Å². The summed E-state index contributed by atoms with van der Waals surface area (Å²) in [4.78, 5) is 14.6. The van der Waals surface area contributed by atoms with E-state index in [1.807, 2.05) is 0 Å². The van der Waals surface area contributed by atoms with E-state index in [4.69, 9.17) is 5.11 Å². The number of carboxylic acid groups (broad SMARTS) is 1. The van der Waals surface area contributed by atoms with Crippen LogP contribution in [0.25, 0.3) is 0 Å². The van der Waals surface area contributed by atoms with E-state index in [1.54, 1.807) is 0 Å². The molecule has 0 radical (unpaired) electrons. The first-order valence-electron chi connectivity index (χ1n) is 2.21. The van der Waals surface area contributed by atoms with Crippen LogP contribution in [0.3, 0.4) is 0 Å². The average molecular weight is 151 g/mol. The number of carboxylic acids is 1. The van der Waals surface area contributed by atoms with Gasteiger partial charge in [-0.25, -0.2) is 4.28 Å². The zero-order valence-corrected chi connectivity index (χ0v) is 5.26. The van der Waals surface area contributed by atoms with E-state index in [1.165, 1.54) is 0 Å². The summed E-state index contributed by atoms with van der Waals surface area (Å²) < 4.78 is 4.61. The summed E-state index contributed by atoms with van der Waals surface area (Å²) in [6.07, 6.45) is 0. The minimum Gasteiger partial charge on any atom is -0.480 e. The topological polar surface area (TPSA) is 59.0 Å². The van der Waals surface area contributed by atoms with Crippen molar-refractivity contribution in [1.29, 1.82) is 0 Å². The normalized spacial score (nSPS) is 20.4. The summed E-state index contributed by atoms with van der Waals surface area (Å²) in [5.74, 6) is -0.620. The van der Waals surface area contributed by atoms with Crippen LogP contribution >= 0.6 is 12.0 Å². The molecule has 1 rings (SSSR count). The van der Waals surface area contributed by atoms with Crippen LogP contribution in [0, 0.1) is 0 Å². The first kappa shape index (κ1) is 6.81. The van der Waals surface area contributed by atoms with Crippen molar-refractivity contribution in [3.8, 4) is 0 Å². The summed E-state index contributed by atoms with van der Waals surface area (Å²) in [6.45, 7) is -0.243. The molecular weight excluding hydrogens is 146 g/mol. The van der Waals surface area contributed by atoms with Gasteiger partial charge in [-0.15, -0.1) is 0 Å². The summed E-state index contributed by atoms with van der Waals surface area (Å²) in [5, 5.41) is 9.09. The Hall–Kier alpha value is -0.300. The lowest BCUT2D eigenvalue weighted by molar-refractivity contribution is -0.273. The molecule has 1 N–H and O–H groups in total. The van der Waals surface area contributed by atoms with E-state index in [-0.39, 0.29) is 6.54 Å². The monoisotopic (exact) mass is 151 g/mol. The largest absolute Gasteiger partial charge is 0.480 e. The van der Waals surface area contributed by atoms with Gasteiger partial charge in [0.05, 0.1) is 0 Å². The van der Waals surface area contributed by atoms with E-state index in [9.17, 15) is 4.79 Å². The SMILES string of the molecule is O=C(O)CN1OCSO1. The van der Waals surface area contributed by atoms with Gasteiger partial charge in [0.15, 0.2) is 6.54 Å². The molecule has 0 amide bonds. The molecule has 6 heteroatoms. The van der Waals surface area contributed by atoms with Crippen molar-refractivity contribution in [3.63, 3.8) is 0 Å². The standard InChI is InChI=1S/C3H5NO4S/c5-3(6)1-4-7-2-9-8-4/h1-2H2,(H,5,6). The first-order valence-corrected chi connectivity index (χ1v) is 3.12. The summed E-state index contributed by atoms with van der Waals surface area (Å²) in [5.41, 5.74) is 0. The van der Waals surface area contributed by atoms with Gasteiger partial charge in [-0.3, -0.25) is 9.63 Å². The Morgan fingerprint density at radius 2 is 2.67 bits per heavy atom. The van der Waals surface area contributed by atoms with Crippen LogP contribution in [0.5, 0.6) is 0 Å². The van der Waals surface area contributed by atoms with Gasteiger partial charge >= 0.3 is 5.97 Å². The van der Waals surface area contributed by atoms with Crippen LogP contribution in [0.15, 0.2) is 0 Å². The molecule has 0 spiro atoms. The fourth-order valence-corrected chi connectivity index (χ4v) is 0.781. The molecule has 5 nitrogen and oxygen atoms in total. The number of nitrogens with zero attached hydrogens (tertiary/aromatic N) is 1. The predicted molar refractivity (Wildman–Crippen MR) is 29.0 cm³/mol. The Bertz CT molecular complexity index is 112. The lowest BCUT2D eigenvalue weighted by atomic mass is 10.7. The predicted octanol–water partition coefficient (Wildman–Crippen LogP) is -0.145. The Morgan fingerprint density at radius 1 is 1.89 bits per heavy atom. The number of hydroxylamine groups is 2. The summed E-state index contributed by atoms with van der Waals surface area (Å²) in [6, 6.07) is 0. The van der Waals surface area contributed by atoms with Crippen LogP contribution in [-0.4, -0.2) is 28.8 Å². The van der Waals surface area contributed by atoms with Gasteiger partial charge in [0.25, 0.3) is 0 Å². The average Bonchev–Trinajstić information content (AvgIpc) is 2.15. The molecule has 9 heavy (non-hydrogen) atoms. The highest BCUT2D eigenvalue weighted by Crippen LogP contribution is 2.15. The molecule has 0 aromatic rings. The fraction of sp³-hybridized carbons (Fsp3) is 0.667. The van der Waals surface area contributed by atoms with E-state index in [0.29, 0.717) is 5.94 Å². The van der Waals surface area contributed by atoms with Crippen LogP contribution in [0.1, 0.15) is 0 Å². The maximum Gasteiger partial charge on any atom is 0.322 e. The third-order valence-electron chi connectivity index (χ3n) is 0.645. The summed E-state index contributed by atoms with van der Waals surface area (Å²) in [7, 11) is 0. The van der Waals surface area contributed by atoms with Gasteiger partial charge in [-0.05, 0) is 5.23 Å². The molecule has 1 heterocycles. The molecule has 0 aromatic heterocycles. The smallest absolute Gasteiger partial charge is 0.322 e. The van der Waals surface area contributed by atoms with Crippen LogP contribution in [0.4, 0.5) is 0 Å². The molecular formula is C3H5NO4S. The Kier molecular flexibility index (Phi) is 2.29. The van der Waals surface area contributed by atoms with Crippen molar-refractivity contribution < 1.29 is 19.0 Å². The van der Waals surface area contributed by atoms with Crippen LogP contribution < -0.4 is 0 Å². The van der Waals surface area contributed by atoms with Gasteiger partial charge in [0.1, 0.15) is 5.94 Å². The second kappa shape index (κ2) is 3.02. The van der Waals surface area contributed by atoms with E-state index in [0.717, 1.165) is 17.3 Å². The van der Waals surface area contributed by atoms with E-state index < -0.39 is 5.97 Å². The van der Waals surface area contributed by atoms with E-state index in [2.05, 4.69) is 9.12 Å². The third kappa shape index (κ3) is 2.19. The molecule has 0 aliphatic carbocycles. The molecule has 0 bridgehead atoms. The number of carbonyl (C=O) groups is 1. The van der Waals surface area contributed by atoms with Gasteiger partial charge < -0.3 is 5.11 Å². The first-order chi connectivity index (χ1) is 4.29. The molecule has 0 atom stereocenters. The number of aliphatic carboxylic acids is 1. The van der Waals surface area contributed by atoms with Crippen molar-refractivity contribution in [2.45, 2.75) is 0 Å². The van der Waals surface area contributed by atoms with Crippen LogP contribution in [-0.2, 0) is 13.9 Å². The van der Waals surface area contributed by atoms with Gasteiger partial charge in [-0.2, -0.15) is 0 Å². The fourth-order valence-electron chi connectivity index (χ4n) is 0.365.